The minimum Gasteiger partial charge on any atom is -1.00 e. The number of isocyanates is 1. The van der Waals surface area contributed by atoms with Crippen molar-refractivity contribution in [3.05, 3.63) is 0 Å². The number of nitrogens with one attached hydrogen (secondary N) is 1. The first kappa shape index (κ1) is 9.02. The Labute approximate surface area is 37.4 Å². The molecule has 2 nitrogen and oxygen atoms in total. The summed E-state index contributed by atoms with van der Waals surface area (Å²) < 4.78 is 0. The molecule has 0 saturated heterocycles. The maximum atomic E-state index is 8.35. The topological polar surface area (TPSA) is 40.9 Å². The fraction of sp³-hybridized carbons (Fsp3) is 0. The quantitative estimate of drug-likeness (QED) is 0.178. The minimum atomic E-state index is 0. The van der Waals surface area contributed by atoms with Gasteiger partial charge in [-0.1, -0.05) is 0 Å². The van der Waals surface area contributed by atoms with Crippen molar-refractivity contribution < 1.29 is 25.1 Å². The Hall–Kier alpha value is -0.0226. The zero-order chi connectivity index (χ0) is 2.71. The Bertz CT molecular complexity index is 32.6. The Balaban J connectivity index is -0.0000000200. The molecule has 0 aromatic heterocycles. The second-order valence-corrected chi connectivity index (χ2v) is 0.102. The van der Waals surface area contributed by atoms with Crippen LogP contribution >= 0.6 is 0 Å². The largest absolute Gasteiger partial charge is 1.00 e. The van der Waals surface area contributed by atoms with E-state index in [1.807, 2.05) is 0 Å². The predicted octanol–water partition coefficient (Wildman–Crippen LogP) is -2.98. The van der Waals surface area contributed by atoms with Gasteiger partial charge >= 0.3 is 18.9 Å². The van der Waals surface area contributed by atoms with Gasteiger partial charge in [0.1, 0.15) is 0 Å². The molecular weight excluding hydrogens is 49.0 g/mol. The Kier molecular flexibility index (Phi) is 27.5. The summed E-state index contributed by atoms with van der Waals surface area (Å²) in [7, 11) is 0. The van der Waals surface area contributed by atoms with Crippen molar-refractivity contribution in [3.8, 4) is 0 Å². The van der Waals surface area contributed by atoms with Crippen molar-refractivity contribution in [2.24, 2.45) is 0 Å². The number of hydrogen-bond acceptors (Lipinski definition) is 2. The van der Waals surface area contributed by atoms with Crippen LogP contribution in [0.2, 0.25) is 0 Å². The molecule has 0 atom stereocenters. The van der Waals surface area contributed by atoms with Crippen LogP contribution in [0.3, 0.4) is 0 Å². The van der Waals surface area contributed by atoms with Crippen LogP contribution in [-0.2, 0) is 4.79 Å². The fourth-order valence-electron chi connectivity index (χ4n) is 0. The summed E-state index contributed by atoms with van der Waals surface area (Å²) in [6.07, 6.45) is 0.750. The predicted molar refractivity (Wildman–Crippen MR) is 9.53 cm³/mol. The van der Waals surface area contributed by atoms with Gasteiger partial charge in [0.05, 0.1) is 0 Å². The maximum absolute atomic E-state index is 8.35. The fourth-order valence-corrected chi connectivity index (χ4v) is 0. The number of rotatable bonds is 0. The zero-order valence-electron chi connectivity index (χ0n) is 3.41. The van der Waals surface area contributed by atoms with E-state index in [-0.39, 0.29) is 20.3 Å². The molecule has 0 aliphatic rings. The Morgan fingerprint density at radius 3 is 2.00 bits per heavy atom. The van der Waals surface area contributed by atoms with Gasteiger partial charge in [-0.2, -0.15) is 0 Å². The molecule has 0 saturated carbocycles. The molecule has 18 valence electrons. The number of hydrogen-bond donors (Lipinski definition) is 1. The van der Waals surface area contributed by atoms with Crippen LogP contribution in [0.15, 0.2) is 0 Å². The first-order valence-corrected chi connectivity index (χ1v) is 0.454. The van der Waals surface area contributed by atoms with Gasteiger partial charge in [0.15, 0.2) is 0 Å². The van der Waals surface area contributed by atoms with Gasteiger partial charge in [-0.15, -0.1) is 0 Å². The molecule has 0 bridgehead atoms. The third-order valence-electron chi connectivity index (χ3n) is 0. The van der Waals surface area contributed by atoms with E-state index in [0.29, 0.717) is 0 Å². The van der Waals surface area contributed by atoms with Gasteiger partial charge < -0.3 is 1.43 Å². The summed E-state index contributed by atoms with van der Waals surface area (Å²) in [5.74, 6) is 0. The van der Waals surface area contributed by atoms with Gasteiger partial charge in [-0.3, -0.25) is 0 Å². The van der Waals surface area contributed by atoms with E-state index >= 15 is 0 Å². The van der Waals surface area contributed by atoms with Crippen molar-refractivity contribution in [3.63, 3.8) is 0 Å². The molecule has 0 heterocycles. The van der Waals surface area contributed by atoms with Gasteiger partial charge in [0, 0.05) is 0 Å². The van der Waals surface area contributed by atoms with Crippen LogP contribution in [-0.4, -0.2) is 6.08 Å². The molecule has 0 aromatic rings. The summed E-state index contributed by atoms with van der Waals surface area (Å²) in [6.45, 7) is 0. The molecule has 0 spiro atoms. The molecule has 0 rings (SSSR count). The minimum absolute atomic E-state index is 0. The smallest absolute Gasteiger partial charge is 1.00 e. The molecule has 0 aliphatic carbocycles. The normalized spacial score (nSPS) is 2.00. The van der Waals surface area contributed by atoms with E-state index in [1.54, 1.807) is 0 Å². The van der Waals surface area contributed by atoms with Crippen LogP contribution in [0.4, 0.5) is 0 Å². The summed E-state index contributed by atoms with van der Waals surface area (Å²) in [4.78, 5) is 8.35. The van der Waals surface area contributed by atoms with Gasteiger partial charge in [-0.25, -0.2) is 10.2 Å². The maximum Gasteiger partial charge on any atom is 1.00 e. The van der Waals surface area contributed by atoms with E-state index < -0.39 is 0 Å². The second kappa shape index (κ2) is 12.2. The Morgan fingerprint density at radius 1 is 2.00 bits per heavy atom. The van der Waals surface area contributed by atoms with Crippen LogP contribution in [0.5, 0.6) is 0 Å². The van der Waals surface area contributed by atoms with Gasteiger partial charge in [-0.05, 0) is 0 Å². The van der Waals surface area contributed by atoms with Crippen LogP contribution in [0.1, 0.15) is 1.43 Å². The second-order valence-electron chi connectivity index (χ2n) is 0.102. The molecule has 0 fully saturated rings. The van der Waals surface area contributed by atoms with Crippen LogP contribution < -0.4 is 18.9 Å². The average Bonchev–Trinajstić information content (AvgIpc) is 0.918. The first-order chi connectivity index (χ1) is 1.41. The van der Waals surface area contributed by atoms with E-state index in [9.17, 15) is 0 Å². The van der Waals surface area contributed by atoms with Crippen molar-refractivity contribution >= 4 is 6.08 Å². The molecule has 0 aliphatic heterocycles. The van der Waals surface area contributed by atoms with E-state index in [2.05, 4.69) is 0 Å². The monoisotopic (exact) mass is 51.0 g/mol. The first-order valence-electron chi connectivity index (χ1n) is 0.454. The summed E-state index contributed by atoms with van der Waals surface area (Å²) in [5.41, 5.74) is 0. The molecule has 0 radical (unpaired) electrons. The van der Waals surface area contributed by atoms with E-state index in [1.165, 1.54) is 0 Å². The molecule has 3 heteroatoms. The van der Waals surface area contributed by atoms with Gasteiger partial charge in [0.25, 0.3) is 0 Å². The third-order valence-corrected chi connectivity index (χ3v) is 0. The SMILES string of the molecule is N=C=O.[H-].[Li+]. The van der Waals surface area contributed by atoms with E-state index in [0.717, 1.165) is 6.08 Å². The molecule has 0 amide bonds. The van der Waals surface area contributed by atoms with Crippen molar-refractivity contribution in [2.45, 2.75) is 0 Å². The zero-order valence-corrected chi connectivity index (χ0v) is 2.41. The molecule has 4 heavy (non-hydrogen) atoms. The summed E-state index contributed by atoms with van der Waals surface area (Å²) in [5, 5.41) is 5.40. The van der Waals surface area contributed by atoms with Gasteiger partial charge in [0.2, 0.25) is 6.08 Å². The third kappa shape index (κ3) is 3700. The van der Waals surface area contributed by atoms with Crippen LogP contribution in [0.25, 0.3) is 0 Å². The van der Waals surface area contributed by atoms with E-state index in [4.69, 9.17) is 10.2 Å². The number of carbonyl (C=O) groups excluding carboxylic acids is 1. The molecule has 0 aromatic carbocycles. The van der Waals surface area contributed by atoms with Crippen molar-refractivity contribution in [1.29, 1.82) is 5.41 Å². The average molecular weight is 51.0 g/mol. The van der Waals surface area contributed by atoms with Crippen molar-refractivity contribution in [1.82, 2.24) is 0 Å². The van der Waals surface area contributed by atoms with Crippen LogP contribution in [0, 0.1) is 5.41 Å². The molecule has 0 unspecified atom stereocenters. The summed E-state index contributed by atoms with van der Waals surface area (Å²) in [6, 6.07) is 0. The van der Waals surface area contributed by atoms with Crippen molar-refractivity contribution in [2.75, 3.05) is 0 Å². The molecular formula is CH2LiNO. The standard InChI is InChI=1S/CHNO.Li.H/c2-1-3;;/h2H;;/q;+1;-1. The Morgan fingerprint density at radius 2 is 2.00 bits per heavy atom. The summed E-state index contributed by atoms with van der Waals surface area (Å²) >= 11 is 0. The molecule has 1 N–H and O–H groups in total.